The summed E-state index contributed by atoms with van der Waals surface area (Å²) in [6.45, 7) is 1.61. The van der Waals surface area contributed by atoms with E-state index in [-0.39, 0.29) is 0 Å². The monoisotopic (exact) mass is 413 g/mol. The van der Waals surface area contributed by atoms with Gasteiger partial charge in [0, 0.05) is 60.9 Å². The maximum absolute atomic E-state index is 6.04. The van der Waals surface area contributed by atoms with Gasteiger partial charge in [0.1, 0.15) is 0 Å². The first-order chi connectivity index (χ1) is 13.5. The molecule has 0 fully saturated rings. The molecule has 0 aliphatic heterocycles. The maximum Gasteiger partial charge on any atom is 0.170 e. The van der Waals surface area contributed by atoms with E-state index in [9.17, 15) is 0 Å². The van der Waals surface area contributed by atoms with Crippen molar-refractivity contribution in [2.24, 2.45) is 0 Å². The lowest BCUT2D eigenvalue weighted by Gasteiger charge is -2.14. The van der Waals surface area contributed by atoms with Crippen molar-refractivity contribution < 1.29 is 0 Å². The van der Waals surface area contributed by atoms with Crippen molar-refractivity contribution in [1.82, 2.24) is 10.3 Å². The number of nitrogens with zero attached hydrogens (tertiary/aromatic N) is 2. The average molecular weight is 414 g/mol. The minimum atomic E-state index is 0.626. The van der Waals surface area contributed by atoms with E-state index in [1.807, 2.05) is 50.5 Å². The number of hydrogen-bond donors (Lipinski definition) is 3. The molecule has 0 amide bonds. The van der Waals surface area contributed by atoms with Crippen LogP contribution in [0.5, 0.6) is 0 Å². The van der Waals surface area contributed by atoms with E-state index in [4.69, 9.17) is 23.8 Å². The van der Waals surface area contributed by atoms with Crippen LogP contribution in [0, 0.1) is 0 Å². The summed E-state index contributed by atoms with van der Waals surface area (Å²) >= 11 is 11.4. The molecule has 3 aromatic rings. The van der Waals surface area contributed by atoms with Gasteiger partial charge in [-0.05, 0) is 67.2 Å². The minimum Gasteiger partial charge on any atom is -0.384 e. The van der Waals surface area contributed by atoms with Gasteiger partial charge in [-0.3, -0.25) is 4.98 Å². The van der Waals surface area contributed by atoms with Crippen molar-refractivity contribution in [3.05, 3.63) is 59.8 Å². The second-order valence-corrected chi connectivity index (χ2v) is 7.47. The summed E-state index contributed by atoms with van der Waals surface area (Å²) in [6.07, 6.45) is 2.72. The molecule has 7 heteroatoms. The van der Waals surface area contributed by atoms with Gasteiger partial charge in [-0.25, -0.2) is 0 Å². The lowest BCUT2D eigenvalue weighted by molar-refractivity contribution is 0.809. The van der Waals surface area contributed by atoms with Crippen LogP contribution in [0.3, 0.4) is 0 Å². The van der Waals surface area contributed by atoms with Gasteiger partial charge < -0.3 is 20.9 Å². The Morgan fingerprint density at radius 1 is 1.07 bits per heavy atom. The van der Waals surface area contributed by atoms with Gasteiger partial charge in [-0.15, -0.1) is 0 Å². The summed E-state index contributed by atoms with van der Waals surface area (Å²) in [7, 11) is 4.04. The molecule has 0 atom stereocenters. The quantitative estimate of drug-likeness (QED) is 0.384. The van der Waals surface area contributed by atoms with Gasteiger partial charge in [0.25, 0.3) is 0 Å². The van der Waals surface area contributed by atoms with Crippen molar-refractivity contribution >= 4 is 56.9 Å². The standard InChI is InChI=1S/C21H24ClN5S/c1-27(2)17-7-5-16(6-8-17)26-21(28)25-12-3-11-23-19-10-13-24-20-14-15(22)4-9-18(19)20/h4-10,13-14H,3,11-12H2,1-2H3,(H,23,24)(H2,25,26,28). The first-order valence-electron chi connectivity index (χ1n) is 9.13. The van der Waals surface area contributed by atoms with Crippen molar-refractivity contribution in [2.45, 2.75) is 6.42 Å². The first kappa shape index (κ1) is 20.2. The number of pyridine rings is 1. The molecule has 1 heterocycles. The number of hydrogen-bond acceptors (Lipinski definition) is 4. The summed E-state index contributed by atoms with van der Waals surface area (Å²) in [5.74, 6) is 0. The van der Waals surface area contributed by atoms with Crippen LogP contribution in [0.15, 0.2) is 54.7 Å². The second-order valence-electron chi connectivity index (χ2n) is 6.62. The number of aromatic nitrogens is 1. The molecule has 0 aliphatic carbocycles. The van der Waals surface area contributed by atoms with Crippen LogP contribution in [-0.4, -0.2) is 37.3 Å². The Kier molecular flexibility index (Phi) is 6.90. The van der Waals surface area contributed by atoms with Crippen LogP contribution in [-0.2, 0) is 0 Å². The molecule has 0 unspecified atom stereocenters. The first-order valence-corrected chi connectivity index (χ1v) is 9.92. The van der Waals surface area contributed by atoms with Crippen LogP contribution in [0.1, 0.15) is 6.42 Å². The summed E-state index contributed by atoms with van der Waals surface area (Å²) in [5.41, 5.74) is 4.08. The smallest absolute Gasteiger partial charge is 0.170 e. The number of fused-ring (bicyclic) bond motifs is 1. The highest BCUT2D eigenvalue weighted by Gasteiger charge is 2.03. The van der Waals surface area contributed by atoms with Crippen LogP contribution in [0.4, 0.5) is 17.1 Å². The highest BCUT2D eigenvalue weighted by Crippen LogP contribution is 2.24. The Morgan fingerprint density at radius 3 is 2.61 bits per heavy atom. The van der Waals surface area contributed by atoms with Crippen LogP contribution < -0.4 is 20.9 Å². The largest absolute Gasteiger partial charge is 0.384 e. The predicted octanol–water partition coefficient (Wildman–Crippen LogP) is 4.74. The predicted molar refractivity (Wildman–Crippen MR) is 125 cm³/mol. The molecule has 0 saturated carbocycles. The zero-order valence-electron chi connectivity index (χ0n) is 16.0. The fourth-order valence-electron chi connectivity index (χ4n) is 2.81. The second kappa shape index (κ2) is 9.57. The Morgan fingerprint density at radius 2 is 1.86 bits per heavy atom. The lowest BCUT2D eigenvalue weighted by atomic mass is 10.2. The summed E-state index contributed by atoms with van der Waals surface area (Å²) in [4.78, 5) is 6.42. The fraction of sp³-hybridized carbons (Fsp3) is 0.238. The molecule has 0 radical (unpaired) electrons. The van der Waals surface area contributed by atoms with Gasteiger partial charge in [0.15, 0.2) is 5.11 Å². The molecule has 3 N–H and O–H groups in total. The molecular weight excluding hydrogens is 390 g/mol. The number of thiocarbonyl (C=S) groups is 1. The van der Waals surface area contributed by atoms with Crippen molar-refractivity contribution in [3.8, 4) is 0 Å². The van der Waals surface area contributed by atoms with Crippen LogP contribution in [0.25, 0.3) is 10.9 Å². The molecule has 28 heavy (non-hydrogen) atoms. The molecule has 146 valence electrons. The molecule has 0 spiro atoms. The molecule has 0 saturated heterocycles. The Labute approximate surface area is 176 Å². The molecule has 5 nitrogen and oxygen atoms in total. The van der Waals surface area contributed by atoms with E-state index >= 15 is 0 Å². The molecule has 1 aromatic heterocycles. The molecule has 0 aliphatic rings. The number of halogens is 1. The molecular formula is C21H24ClN5S. The van der Waals surface area contributed by atoms with Crippen molar-refractivity contribution in [1.29, 1.82) is 0 Å². The van der Waals surface area contributed by atoms with E-state index in [1.165, 1.54) is 0 Å². The van der Waals surface area contributed by atoms with Crippen LogP contribution >= 0.6 is 23.8 Å². The molecule has 2 aromatic carbocycles. The average Bonchev–Trinajstić information content (AvgIpc) is 2.68. The van der Waals surface area contributed by atoms with Gasteiger partial charge in [-0.1, -0.05) is 11.6 Å². The fourth-order valence-corrected chi connectivity index (χ4v) is 3.19. The van der Waals surface area contributed by atoms with E-state index in [0.717, 1.165) is 47.5 Å². The lowest BCUT2D eigenvalue weighted by Crippen LogP contribution is -2.30. The third kappa shape index (κ3) is 5.47. The Balaban J connectivity index is 1.42. The highest BCUT2D eigenvalue weighted by atomic mass is 35.5. The van der Waals surface area contributed by atoms with E-state index in [1.54, 1.807) is 6.20 Å². The number of benzene rings is 2. The Hall–Kier alpha value is -2.57. The summed E-state index contributed by atoms with van der Waals surface area (Å²) < 4.78 is 0. The van der Waals surface area contributed by atoms with E-state index < -0.39 is 0 Å². The van der Waals surface area contributed by atoms with Gasteiger partial charge in [0.05, 0.1) is 5.52 Å². The number of nitrogens with one attached hydrogen (secondary N) is 3. The maximum atomic E-state index is 6.04. The third-order valence-corrected chi connectivity index (χ3v) is 4.78. The molecule has 3 rings (SSSR count). The SMILES string of the molecule is CN(C)c1ccc(NC(=S)NCCCNc2ccnc3cc(Cl)ccc23)cc1. The number of rotatable bonds is 7. The minimum absolute atomic E-state index is 0.626. The third-order valence-electron chi connectivity index (χ3n) is 4.30. The van der Waals surface area contributed by atoms with Crippen LogP contribution in [0.2, 0.25) is 5.02 Å². The zero-order valence-corrected chi connectivity index (χ0v) is 17.6. The normalized spacial score (nSPS) is 10.5. The van der Waals surface area contributed by atoms with Gasteiger partial charge in [0.2, 0.25) is 0 Å². The van der Waals surface area contributed by atoms with Gasteiger partial charge >= 0.3 is 0 Å². The Bertz CT molecular complexity index is 943. The summed E-state index contributed by atoms with van der Waals surface area (Å²) in [6, 6.07) is 15.9. The van der Waals surface area contributed by atoms with Crippen molar-refractivity contribution in [2.75, 3.05) is 42.7 Å². The zero-order chi connectivity index (χ0) is 19.9. The summed E-state index contributed by atoms with van der Waals surface area (Å²) in [5, 5.41) is 12.3. The van der Waals surface area contributed by atoms with Crippen molar-refractivity contribution in [3.63, 3.8) is 0 Å². The van der Waals surface area contributed by atoms with E-state index in [0.29, 0.717) is 10.1 Å². The topological polar surface area (TPSA) is 52.2 Å². The van der Waals surface area contributed by atoms with Gasteiger partial charge in [-0.2, -0.15) is 0 Å². The number of anilines is 3. The highest BCUT2D eigenvalue weighted by molar-refractivity contribution is 7.80. The van der Waals surface area contributed by atoms with E-state index in [2.05, 4.69) is 38.0 Å². The molecule has 0 bridgehead atoms.